The summed E-state index contributed by atoms with van der Waals surface area (Å²) in [5, 5.41) is 8.60. The Morgan fingerprint density at radius 3 is 2.78 bits per heavy atom. The maximum atomic E-state index is 6.26. The van der Waals surface area contributed by atoms with Gasteiger partial charge in [0.2, 0.25) is 0 Å². The molecule has 0 aliphatic rings. The van der Waals surface area contributed by atoms with Gasteiger partial charge in [0, 0.05) is 20.2 Å². The molecule has 1 heterocycles. The lowest BCUT2D eigenvalue weighted by atomic mass is 10.2. The molecule has 18 heavy (non-hydrogen) atoms. The molecule has 1 rings (SSSR count). The van der Waals surface area contributed by atoms with Crippen LogP contribution in [0.5, 0.6) is 0 Å². The molecule has 1 aromatic rings. The van der Waals surface area contributed by atoms with Crippen LogP contribution in [0.1, 0.15) is 31.2 Å². The molecule has 0 saturated carbocycles. The molecule has 0 aliphatic heterocycles. The molecular formula is C13H24ClN3O. The molecule has 104 valence electrons. The second kappa shape index (κ2) is 8.51. The van der Waals surface area contributed by atoms with E-state index >= 15 is 0 Å². The van der Waals surface area contributed by atoms with Crippen molar-refractivity contribution in [3.8, 4) is 0 Å². The molecule has 5 heteroatoms. The zero-order chi connectivity index (χ0) is 13.4. The van der Waals surface area contributed by atoms with Crippen LogP contribution >= 0.6 is 11.6 Å². The first-order valence-electron chi connectivity index (χ1n) is 6.62. The zero-order valence-corrected chi connectivity index (χ0v) is 12.4. The number of hydrogen-bond donors (Lipinski definition) is 1. The number of aryl methyl sites for hydroxylation is 2. The first kappa shape index (κ1) is 15.5. The maximum absolute atomic E-state index is 6.26. The minimum absolute atomic E-state index is 0.771. The number of unbranched alkanes of at least 4 members (excludes halogenated alkanes) is 1. The minimum Gasteiger partial charge on any atom is -0.383 e. The van der Waals surface area contributed by atoms with E-state index in [4.69, 9.17) is 16.3 Å². The van der Waals surface area contributed by atoms with Crippen LogP contribution in [-0.2, 0) is 17.7 Å². The second-order valence-corrected chi connectivity index (χ2v) is 4.74. The van der Waals surface area contributed by atoms with Gasteiger partial charge in [-0.25, -0.2) is 0 Å². The summed E-state index contributed by atoms with van der Waals surface area (Å²) in [7, 11) is 1.72. The fourth-order valence-corrected chi connectivity index (χ4v) is 2.18. The molecule has 0 fully saturated rings. The Bertz CT molecular complexity index is 352. The molecule has 0 aliphatic carbocycles. The molecule has 1 N–H and O–H groups in total. The van der Waals surface area contributed by atoms with Crippen LogP contribution in [0.4, 0.5) is 0 Å². The highest BCUT2D eigenvalue weighted by atomic mass is 35.5. The summed E-state index contributed by atoms with van der Waals surface area (Å²) < 4.78 is 6.98. The third kappa shape index (κ3) is 4.59. The molecular weight excluding hydrogens is 250 g/mol. The SMILES string of the molecule is CCn1nc(C)c(Cl)c1CCCCNCCOC. The van der Waals surface area contributed by atoms with Crippen molar-refractivity contribution in [2.45, 2.75) is 39.7 Å². The highest BCUT2D eigenvalue weighted by Gasteiger charge is 2.11. The van der Waals surface area contributed by atoms with Crippen LogP contribution < -0.4 is 5.32 Å². The van der Waals surface area contributed by atoms with Gasteiger partial charge in [0.05, 0.1) is 23.0 Å². The summed E-state index contributed by atoms with van der Waals surface area (Å²) in [6, 6.07) is 0. The van der Waals surface area contributed by atoms with Gasteiger partial charge < -0.3 is 10.1 Å². The Balaban J connectivity index is 2.26. The van der Waals surface area contributed by atoms with Crippen LogP contribution in [0.15, 0.2) is 0 Å². The Hall–Kier alpha value is -0.580. The lowest BCUT2D eigenvalue weighted by molar-refractivity contribution is 0.199. The summed E-state index contributed by atoms with van der Waals surface area (Å²) in [6.07, 6.45) is 3.28. The van der Waals surface area contributed by atoms with Crippen molar-refractivity contribution in [2.24, 2.45) is 0 Å². The lowest BCUT2D eigenvalue weighted by Gasteiger charge is -2.06. The Morgan fingerprint density at radius 1 is 1.33 bits per heavy atom. The van der Waals surface area contributed by atoms with Crippen molar-refractivity contribution < 1.29 is 4.74 Å². The van der Waals surface area contributed by atoms with Crippen molar-refractivity contribution in [1.29, 1.82) is 0 Å². The average molecular weight is 274 g/mol. The van der Waals surface area contributed by atoms with Gasteiger partial charge in [0.15, 0.2) is 0 Å². The van der Waals surface area contributed by atoms with E-state index in [9.17, 15) is 0 Å². The quantitative estimate of drug-likeness (QED) is 0.703. The summed E-state index contributed by atoms with van der Waals surface area (Å²) in [5.74, 6) is 0. The molecule has 0 saturated heterocycles. The van der Waals surface area contributed by atoms with Gasteiger partial charge in [-0.15, -0.1) is 0 Å². The highest BCUT2D eigenvalue weighted by Crippen LogP contribution is 2.21. The molecule has 0 amide bonds. The lowest BCUT2D eigenvalue weighted by Crippen LogP contribution is -2.20. The average Bonchev–Trinajstić information content (AvgIpc) is 2.65. The number of ether oxygens (including phenoxy) is 1. The highest BCUT2D eigenvalue weighted by molar-refractivity contribution is 6.31. The number of methoxy groups -OCH3 is 1. The molecule has 0 unspecified atom stereocenters. The second-order valence-electron chi connectivity index (χ2n) is 4.36. The van der Waals surface area contributed by atoms with E-state index in [0.29, 0.717) is 0 Å². The minimum atomic E-state index is 0.771. The summed E-state index contributed by atoms with van der Waals surface area (Å²) in [6.45, 7) is 7.66. The first-order valence-corrected chi connectivity index (χ1v) is 7.00. The molecule has 1 aromatic heterocycles. The molecule has 0 radical (unpaired) electrons. The number of hydrogen-bond acceptors (Lipinski definition) is 3. The predicted octanol–water partition coefficient (Wildman–Crippen LogP) is 2.42. The van der Waals surface area contributed by atoms with Crippen molar-refractivity contribution >= 4 is 11.6 Å². The smallest absolute Gasteiger partial charge is 0.0847 e. The Morgan fingerprint density at radius 2 is 2.11 bits per heavy atom. The fourth-order valence-electron chi connectivity index (χ4n) is 1.95. The third-order valence-corrected chi connectivity index (χ3v) is 3.44. The van der Waals surface area contributed by atoms with Crippen LogP contribution in [0.2, 0.25) is 5.02 Å². The first-order chi connectivity index (χ1) is 8.70. The van der Waals surface area contributed by atoms with Gasteiger partial charge in [-0.1, -0.05) is 11.6 Å². The Kier molecular flexibility index (Phi) is 7.32. The molecule has 4 nitrogen and oxygen atoms in total. The van der Waals surface area contributed by atoms with E-state index in [-0.39, 0.29) is 0 Å². The van der Waals surface area contributed by atoms with Gasteiger partial charge in [-0.3, -0.25) is 4.68 Å². The normalized spacial score (nSPS) is 11.1. The molecule has 0 atom stereocenters. The zero-order valence-electron chi connectivity index (χ0n) is 11.6. The van der Waals surface area contributed by atoms with Crippen molar-refractivity contribution in [3.05, 3.63) is 16.4 Å². The van der Waals surface area contributed by atoms with Gasteiger partial charge in [-0.2, -0.15) is 5.10 Å². The van der Waals surface area contributed by atoms with E-state index in [0.717, 1.165) is 56.2 Å². The largest absolute Gasteiger partial charge is 0.383 e. The van der Waals surface area contributed by atoms with E-state index in [1.807, 2.05) is 11.6 Å². The van der Waals surface area contributed by atoms with E-state index in [2.05, 4.69) is 17.3 Å². The third-order valence-electron chi connectivity index (χ3n) is 2.95. The summed E-state index contributed by atoms with van der Waals surface area (Å²) >= 11 is 6.26. The van der Waals surface area contributed by atoms with Crippen molar-refractivity contribution in [2.75, 3.05) is 26.8 Å². The number of nitrogens with zero attached hydrogens (tertiary/aromatic N) is 2. The van der Waals surface area contributed by atoms with E-state index in [1.54, 1.807) is 7.11 Å². The topological polar surface area (TPSA) is 39.1 Å². The van der Waals surface area contributed by atoms with Gasteiger partial charge in [0.25, 0.3) is 0 Å². The number of rotatable bonds is 9. The van der Waals surface area contributed by atoms with Crippen LogP contribution in [-0.4, -0.2) is 36.6 Å². The predicted molar refractivity (Wildman–Crippen MR) is 75.3 cm³/mol. The number of nitrogens with one attached hydrogen (secondary N) is 1. The van der Waals surface area contributed by atoms with Crippen molar-refractivity contribution in [3.63, 3.8) is 0 Å². The standard InChI is InChI=1S/C13H24ClN3O/c1-4-17-12(13(14)11(2)16-17)7-5-6-8-15-9-10-18-3/h15H,4-10H2,1-3H3. The van der Waals surface area contributed by atoms with Crippen LogP contribution in [0.25, 0.3) is 0 Å². The number of aromatic nitrogens is 2. The molecule has 0 aromatic carbocycles. The summed E-state index contributed by atoms with van der Waals surface area (Å²) in [4.78, 5) is 0. The van der Waals surface area contributed by atoms with E-state index in [1.165, 1.54) is 5.69 Å². The summed E-state index contributed by atoms with van der Waals surface area (Å²) in [5.41, 5.74) is 2.11. The molecule has 0 spiro atoms. The van der Waals surface area contributed by atoms with Crippen LogP contribution in [0.3, 0.4) is 0 Å². The monoisotopic (exact) mass is 273 g/mol. The molecule has 0 bridgehead atoms. The van der Waals surface area contributed by atoms with Gasteiger partial charge in [-0.05, 0) is 39.7 Å². The van der Waals surface area contributed by atoms with Gasteiger partial charge in [0.1, 0.15) is 0 Å². The van der Waals surface area contributed by atoms with Crippen LogP contribution in [0, 0.1) is 6.92 Å². The maximum Gasteiger partial charge on any atom is 0.0847 e. The van der Waals surface area contributed by atoms with Crippen molar-refractivity contribution in [1.82, 2.24) is 15.1 Å². The van der Waals surface area contributed by atoms with Gasteiger partial charge >= 0.3 is 0 Å². The number of halogens is 1. The Labute approximate surface area is 115 Å². The van der Waals surface area contributed by atoms with E-state index < -0.39 is 0 Å². The fraction of sp³-hybridized carbons (Fsp3) is 0.769.